The minimum atomic E-state index is 0.180. The van der Waals surface area contributed by atoms with Gasteiger partial charge in [-0.25, -0.2) is 0 Å². The molecule has 0 amide bonds. The monoisotopic (exact) mass is 236 g/mol. The van der Waals surface area contributed by atoms with Crippen LogP contribution in [0.2, 0.25) is 0 Å². The van der Waals surface area contributed by atoms with Crippen LogP contribution in [0.4, 0.5) is 0 Å². The van der Waals surface area contributed by atoms with E-state index >= 15 is 0 Å². The zero-order valence-electron chi connectivity index (χ0n) is 12.0. The Balaban J connectivity index is 2.57. The first-order valence-corrected chi connectivity index (χ1v) is 7.13. The first-order valence-electron chi connectivity index (χ1n) is 7.13. The van der Waals surface area contributed by atoms with Crippen molar-refractivity contribution in [1.29, 1.82) is 0 Å². The molecule has 0 radical (unpaired) electrons. The van der Waals surface area contributed by atoms with Gasteiger partial charge in [0, 0.05) is 5.92 Å². The van der Waals surface area contributed by atoms with Gasteiger partial charge in [0.05, 0.1) is 0 Å². The van der Waals surface area contributed by atoms with Crippen molar-refractivity contribution in [2.45, 2.75) is 66.2 Å². The fourth-order valence-electron chi connectivity index (χ4n) is 2.90. The fourth-order valence-corrected chi connectivity index (χ4v) is 2.90. The second-order valence-electron chi connectivity index (χ2n) is 6.30. The van der Waals surface area contributed by atoms with E-state index in [0.29, 0.717) is 11.3 Å². The van der Waals surface area contributed by atoms with Gasteiger partial charge in [-0.05, 0) is 37.5 Å². The van der Waals surface area contributed by atoms with E-state index < -0.39 is 0 Å². The molecule has 0 aliphatic heterocycles. The molecule has 98 valence electrons. The van der Waals surface area contributed by atoms with Crippen molar-refractivity contribution in [2.75, 3.05) is 0 Å². The highest BCUT2D eigenvalue weighted by molar-refractivity contribution is 5.59. The van der Waals surface area contributed by atoms with Crippen molar-refractivity contribution in [3.8, 4) is 0 Å². The van der Waals surface area contributed by atoms with E-state index in [1.807, 2.05) is 0 Å². The summed E-state index contributed by atoms with van der Waals surface area (Å²) in [4.78, 5) is 11.1. The summed E-state index contributed by atoms with van der Waals surface area (Å²) < 4.78 is 0. The maximum atomic E-state index is 11.1. The van der Waals surface area contributed by atoms with Crippen LogP contribution in [0.25, 0.3) is 0 Å². The standard InChI is InChI=1S/C16H28O/c1-5-6-7-10-16(3,4)15-9-8-13(2)14(11-15)12-17/h8,12,14-15H,5-7,9-11H2,1-4H3/t14-,15?/m0/s1. The SMILES string of the molecule is CCCCCC(C)(C)C1CC=C(C)[C@H](C=O)C1. The summed E-state index contributed by atoms with van der Waals surface area (Å²) in [5, 5.41) is 0. The lowest BCUT2D eigenvalue weighted by Gasteiger charge is -2.38. The highest BCUT2D eigenvalue weighted by Crippen LogP contribution is 2.42. The Kier molecular flexibility index (Phi) is 5.42. The Morgan fingerprint density at radius 1 is 1.41 bits per heavy atom. The predicted octanol–water partition coefficient (Wildman–Crippen LogP) is 4.76. The summed E-state index contributed by atoms with van der Waals surface area (Å²) in [6, 6.07) is 0. The quantitative estimate of drug-likeness (QED) is 0.369. The Morgan fingerprint density at radius 2 is 2.12 bits per heavy atom. The van der Waals surface area contributed by atoms with Crippen LogP contribution in [0.15, 0.2) is 11.6 Å². The smallest absolute Gasteiger partial charge is 0.127 e. The highest BCUT2D eigenvalue weighted by atomic mass is 16.1. The van der Waals surface area contributed by atoms with E-state index in [2.05, 4.69) is 33.8 Å². The summed E-state index contributed by atoms with van der Waals surface area (Å²) >= 11 is 0. The normalized spacial score (nSPS) is 25.5. The maximum Gasteiger partial charge on any atom is 0.127 e. The number of unbranched alkanes of at least 4 members (excludes halogenated alkanes) is 2. The van der Waals surface area contributed by atoms with Crippen LogP contribution < -0.4 is 0 Å². The molecule has 1 aliphatic carbocycles. The van der Waals surface area contributed by atoms with Gasteiger partial charge in [-0.2, -0.15) is 0 Å². The van der Waals surface area contributed by atoms with Gasteiger partial charge in [0.2, 0.25) is 0 Å². The Morgan fingerprint density at radius 3 is 2.71 bits per heavy atom. The average Bonchev–Trinajstić information content (AvgIpc) is 2.29. The van der Waals surface area contributed by atoms with Crippen LogP contribution in [-0.4, -0.2) is 6.29 Å². The van der Waals surface area contributed by atoms with E-state index in [1.54, 1.807) is 0 Å². The van der Waals surface area contributed by atoms with Crippen molar-refractivity contribution in [3.63, 3.8) is 0 Å². The van der Waals surface area contributed by atoms with E-state index in [9.17, 15) is 4.79 Å². The Hall–Kier alpha value is -0.590. The number of allylic oxidation sites excluding steroid dienone is 2. The van der Waals surface area contributed by atoms with Crippen molar-refractivity contribution in [1.82, 2.24) is 0 Å². The molecule has 0 heterocycles. The summed E-state index contributed by atoms with van der Waals surface area (Å²) in [6.45, 7) is 9.11. The van der Waals surface area contributed by atoms with Gasteiger partial charge in [-0.15, -0.1) is 0 Å². The number of aldehydes is 1. The summed E-state index contributed by atoms with van der Waals surface area (Å²) in [7, 11) is 0. The molecule has 0 N–H and O–H groups in total. The molecule has 0 fully saturated rings. The van der Waals surface area contributed by atoms with Crippen LogP contribution in [0.3, 0.4) is 0 Å². The van der Waals surface area contributed by atoms with Crippen LogP contribution in [0.1, 0.15) is 66.2 Å². The van der Waals surface area contributed by atoms with Crippen LogP contribution in [-0.2, 0) is 4.79 Å². The molecule has 1 aliphatic rings. The molecule has 2 atom stereocenters. The molecule has 0 saturated heterocycles. The Labute approximate surface area is 107 Å². The Bertz CT molecular complexity index is 275. The number of carbonyl (C=O) groups is 1. The second-order valence-corrected chi connectivity index (χ2v) is 6.30. The van der Waals surface area contributed by atoms with Crippen molar-refractivity contribution < 1.29 is 4.79 Å². The third kappa shape index (κ3) is 3.97. The zero-order valence-corrected chi connectivity index (χ0v) is 12.0. The number of hydrogen-bond donors (Lipinski definition) is 0. The van der Waals surface area contributed by atoms with Crippen molar-refractivity contribution >= 4 is 6.29 Å². The average molecular weight is 236 g/mol. The molecule has 0 aromatic carbocycles. The zero-order chi connectivity index (χ0) is 12.9. The predicted molar refractivity (Wildman–Crippen MR) is 74.0 cm³/mol. The number of carbonyl (C=O) groups excluding carboxylic acids is 1. The second kappa shape index (κ2) is 6.37. The largest absolute Gasteiger partial charge is 0.303 e. The van der Waals surface area contributed by atoms with Crippen LogP contribution in [0.5, 0.6) is 0 Å². The number of rotatable bonds is 6. The van der Waals surface area contributed by atoms with Gasteiger partial charge >= 0.3 is 0 Å². The molecule has 1 rings (SSSR count). The molecule has 0 bridgehead atoms. The van der Waals surface area contributed by atoms with Crippen molar-refractivity contribution in [3.05, 3.63) is 11.6 Å². The van der Waals surface area contributed by atoms with Gasteiger partial charge in [0.15, 0.2) is 0 Å². The van der Waals surface area contributed by atoms with Gasteiger partial charge in [-0.1, -0.05) is 51.7 Å². The molecule has 1 nitrogen and oxygen atoms in total. The number of hydrogen-bond acceptors (Lipinski definition) is 1. The van der Waals surface area contributed by atoms with Crippen LogP contribution >= 0.6 is 0 Å². The fraction of sp³-hybridized carbons (Fsp3) is 0.812. The topological polar surface area (TPSA) is 17.1 Å². The summed E-state index contributed by atoms with van der Waals surface area (Å²) in [6.07, 6.45) is 10.9. The minimum absolute atomic E-state index is 0.180. The molecule has 0 aromatic rings. The summed E-state index contributed by atoms with van der Waals surface area (Å²) in [5.41, 5.74) is 1.66. The molecular formula is C16H28O. The van der Waals surface area contributed by atoms with Gasteiger partial charge < -0.3 is 4.79 Å². The first-order chi connectivity index (χ1) is 8.01. The molecule has 0 aromatic heterocycles. The third-order valence-corrected chi connectivity index (χ3v) is 4.54. The third-order valence-electron chi connectivity index (χ3n) is 4.54. The maximum absolute atomic E-state index is 11.1. The van der Waals surface area contributed by atoms with Gasteiger partial charge in [0.1, 0.15) is 6.29 Å². The van der Waals surface area contributed by atoms with Crippen LogP contribution in [0, 0.1) is 17.3 Å². The van der Waals surface area contributed by atoms with Gasteiger partial charge in [-0.3, -0.25) is 0 Å². The van der Waals surface area contributed by atoms with Crippen molar-refractivity contribution in [2.24, 2.45) is 17.3 Å². The molecule has 0 spiro atoms. The van der Waals surface area contributed by atoms with E-state index in [-0.39, 0.29) is 5.92 Å². The minimum Gasteiger partial charge on any atom is -0.303 e. The molecule has 0 saturated carbocycles. The van der Waals surface area contributed by atoms with E-state index in [0.717, 1.165) is 19.1 Å². The van der Waals surface area contributed by atoms with E-state index in [1.165, 1.54) is 31.3 Å². The van der Waals surface area contributed by atoms with E-state index in [4.69, 9.17) is 0 Å². The molecule has 1 unspecified atom stereocenters. The highest BCUT2D eigenvalue weighted by Gasteiger charge is 2.32. The lowest BCUT2D eigenvalue weighted by molar-refractivity contribution is -0.111. The molecule has 17 heavy (non-hydrogen) atoms. The first kappa shape index (κ1) is 14.5. The van der Waals surface area contributed by atoms with Gasteiger partial charge in [0.25, 0.3) is 0 Å². The lowest BCUT2D eigenvalue weighted by Crippen LogP contribution is -2.29. The lowest BCUT2D eigenvalue weighted by atomic mass is 9.67. The summed E-state index contributed by atoms with van der Waals surface area (Å²) in [5.74, 6) is 0.859. The molecule has 1 heteroatoms. The molecular weight excluding hydrogens is 208 g/mol.